The van der Waals surface area contributed by atoms with E-state index in [2.05, 4.69) is 22.9 Å². The maximum Gasteiger partial charge on any atom is 0.103 e. The third-order valence-corrected chi connectivity index (χ3v) is 3.26. The summed E-state index contributed by atoms with van der Waals surface area (Å²) in [6, 6.07) is 7.82. The Kier molecular flexibility index (Phi) is 3.33. The van der Waals surface area contributed by atoms with Crippen molar-refractivity contribution in [1.82, 2.24) is 4.90 Å². The maximum atomic E-state index is 9.11. The third-order valence-electron chi connectivity index (χ3n) is 2.95. The van der Waals surface area contributed by atoms with Crippen molar-refractivity contribution in [2.45, 2.75) is 0 Å². The first-order chi connectivity index (χ1) is 7.72. The van der Waals surface area contributed by atoms with Gasteiger partial charge in [0.2, 0.25) is 0 Å². The standard InChI is InChI=1S/C12H14ClN3/c1-15-5-7-16(8-6-15)12-4-2-3-11(13)10(12)9-14/h2-4H,5-8H2,1H3. The number of hydrogen-bond donors (Lipinski definition) is 0. The zero-order valence-corrected chi connectivity index (χ0v) is 10.0. The quantitative estimate of drug-likeness (QED) is 0.746. The Morgan fingerprint density at radius 1 is 1.25 bits per heavy atom. The number of halogens is 1. The van der Waals surface area contributed by atoms with E-state index in [0.717, 1.165) is 31.9 Å². The fourth-order valence-corrected chi connectivity index (χ4v) is 2.15. The van der Waals surface area contributed by atoms with Crippen molar-refractivity contribution in [3.63, 3.8) is 0 Å². The summed E-state index contributed by atoms with van der Waals surface area (Å²) in [4.78, 5) is 4.51. The van der Waals surface area contributed by atoms with Crippen molar-refractivity contribution in [2.24, 2.45) is 0 Å². The van der Waals surface area contributed by atoms with Gasteiger partial charge >= 0.3 is 0 Å². The van der Waals surface area contributed by atoms with Gasteiger partial charge < -0.3 is 9.80 Å². The van der Waals surface area contributed by atoms with Gasteiger partial charge in [0.15, 0.2) is 0 Å². The highest BCUT2D eigenvalue weighted by Gasteiger charge is 2.17. The molecule has 1 heterocycles. The van der Waals surface area contributed by atoms with Crippen LogP contribution >= 0.6 is 11.6 Å². The van der Waals surface area contributed by atoms with Crippen molar-refractivity contribution in [3.05, 3.63) is 28.8 Å². The monoisotopic (exact) mass is 235 g/mol. The van der Waals surface area contributed by atoms with E-state index < -0.39 is 0 Å². The average molecular weight is 236 g/mol. The first kappa shape index (κ1) is 11.3. The van der Waals surface area contributed by atoms with Gasteiger partial charge in [-0.25, -0.2) is 0 Å². The molecule has 0 aromatic heterocycles. The Morgan fingerprint density at radius 2 is 1.94 bits per heavy atom. The molecule has 0 amide bonds. The molecule has 1 aromatic carbocycles. The molecule has 0 atom stereocenters. The maximum absolute atomic E-state index is 9.11. The molecule has 0 radical (unpaired) electrons. The lowest BCUT2D eigenvalue weighted by Gasteiger charge is -2.34. The van der Waals surface area contributed by atoms with Crippen LogP contribution in [0.4, 0.5) is 5.69 Å². The molecule has 0 bridgehead atoms. The summed E-state index contributed by atoms with van der Waals surface area (Å²) < 4.78 is 0. The Bertz CT molecular complexity index is 417. The zero-order valence-electron chi connectivity index (χ0n) is 9.28. The summed E-state index contributed by atoms with van der Waals surface area (Å²) in [5.74, 6) is 0. The van der Waals surface area contributed by atoms with E-state index in [0.29, 0.717) is 10.6 Å². The predicted molar refractivity (Wildman–Crippen MR) is 65.9 cm³/mol. The Balaban J connectivity index is 2.27. The molecule has 1 fully saturated rings. The molecule has 0 unspecified atom stereocenters. The summed E-state index contributed by atoms with van der Waals surface area (Å²) in [5.41, 5.74) is 1.55. The van der Waals surface area contributed by atoms with E-state index in [4.69, 9.17) is 16.9 Å². The summed E-state index contributed by atoms with van der Waals surface area (Å²) in [6.07, 6.45) is 0. The molecular formula is C12H14ClN3. The fraction of sp³-hybridized carbons (Fsp3) is 0.417. The van der Waals surface area contributed by atoms with E-state index in [-0.39, 0.29) is 0 Å². The second-order valence-electron chi connectivity index (χ2n) is 4.04. The number of anilines is 1. The zero-order chi connectivity index (χ0) is 11.5. The smallest absolute Gasteiger partial charge is 0.103 e. The van der Waals surface area contributed by atoms with Gasteiger partial charge in [-0.2, -0.15) is 5.26 Å². The molecule has 84 valence electrons. The van der Waals surface area contributed by atoms with Crippen LogP contribution in [-0.2, 0) is 0 Å². The number of nitrogens with zero attached hydrogens (tertiary/aromatic N) is 3. The highest BCUT2D eigenvalue weighted by molar-refractivity contribution is 6.32. The molecule has 2 rings (SSSR count). The molecule has 1 aromatic rings. The summed E-state index contributed by atoms with van der Waals surface area (Å²) >= 11 is 6.02. The fourth-order valence-electron chi connectivity index (χ4n) is 1.93. The number of nitriles is 1. The first-order valence-corrected chi connectivity index (χ1v) is 5.72. The van der Waals surface area contributed by atoms with Crippen molar-refractivity contribution < 1.29 is 0 Å². The van der Waals surface area contributed by atoms with Crippen LogP contribution in [0.2, 0.25) is 5.02 Å². The summed E-state index contributed by atoms with van der Waals surface area (Å²) in [5, 5.41) is 9.65. The van der Waals surface area contributed by atoms with Gasteiger partial charge in [-0.1, -0.05) is 17.7 Å². The SMILES string of the molecule is CN1CCN(c2cccc(Cl)c2C#N)CC1. The van der Waals surface area contributed by atoms with Gasteiger partial charge in [-0.05, 0) is 19.2 Å². The minimum Gasteiger partial charge on any atom is -0.368 e. The Labute approximate surface area is 101 Å². The lowest BCUT2D eigenvalue weighted by molar-refractivity contribution is 0.313. The Morgan fingerprint density at radius 3 is 2.56 bits per heavy atom. The lowest BCUT2D eigenvalue weighted by Crippen LogP contribution is -2.44. The van der Waals surface area contributed by atoms with Crippen molar-refractivity contribution in [1.29, 1.82) is 5.26 Å². The van der Waals surface area contributed by atoms with Crippen LogP contribution in [-0.4, -0.2) is 38.1 Å². The number of piperazine rings is 1. The lowest BCUT2D eigenvalue weighted by atomic mass is 10.1. The van der Waals surface area contributed by atoms with Crippen LogP contribution in [0.3, 0.4) is 0 Å². The van der Waals surface area contributed by atoms with Crippen molar-refractivity contribution >= 4 is 17.3 Å². The van der Waals surface area contributed by atoms with Gasteiger partial charge in [0.05, 0.1) is 16.3 Å². The highest BCUT2D eigenvalue weighted by Crippen LogP contribution is 2.27. The van der Waals surface area contributed by atoms with Crippen molar-refractivity contribution in [3.8, 4) is 6.07 Å². The molecular weight excluding hydrogens is 222 g/mol. The molecule has 1 saturated heterocycles. The Hall–Kier alpha value is -1.24. The number of hydrogen-bond acceptors (Lipinski definition) is 3. The molecule has 0 N–H and O–H groups in total. The second-order valence-corrected chi connectivity index (χ2v) is 4.44. The first-order valence-electron chi connectivity index (χ1n) is 5.34. The molecule has 1 aliphatic rings. The van der Waals surface area contributed by atoms with Crippen LogP contribution in [0.15, 0.2) is 18.2 Å². The second kappa shape index (κ2) is 4.73. The van der Waals surface area contributed by atoms with Crippen LogP contribution in [0.5, 0.6) is 0 Å². The number of likely N-dealkylation sites (N-methyl/N-ethyl adjacent to an activating group) is 1. The van der Waals surface area contributed by atoms with Crippen LogP contribution in [0.25, 0.3) is 0 Å². The van der Waals surface area contributed by atoms with Crippen LogP contribution in [0, 0.1) is 11.3 Å². The minimum atomic E-state index is 0.541. The van der Waals surface area contributed by atoms with Gasteiger partial charge in [0.1, 0.15) is 6.07 Å². The van der Waals surface area contributed by atoms with E-state index in [1.54, 1.807) is 6.07 Å². The summed E-state index contributed by atoms with van der Waals surface area (Å²) in [7, 11) is 2.11. The molecule has 0 saturated carbocycles. The normalized spacial score (nSPS) is 17.2. The average Bonchev–Trinajstić information content (AvgIpc) is 2.30. The molecule has 0 spiro atoms. The van der Waals surface area contributed by atoms with E-state index in [1.165, 1.54) is 0 Å². The molecule has 16 heavy (non-hydrogen) atoms. The topological polar surface area (TPSA) is 30.3 Å². The molecule has 4 heteroatoms. The largest absolute Gasteiger partial charge is 0.368 e. The van der Waals surface area contributed by atoms with Crippen LogP contribution in [0.1, 0.15) is 5.56 Å². The highest BCUT2D eigenvalue weighted by atomic mass is 35.5. The third kappa shape index (κ3) is 2.13. The molecule has 1 aliphatic heterocycles. The van der Waals surface area contributed by atoms with Gasteiger partial charge in [-0.3, -0.25) is 0 Å². The molecule has 0 aliphatic carbocycles. The van der Waals surface area contributed by atoms with Crippen molar-refractivity contribution in [2.75, 3.05) is 38.1 Å². The minimum absolute atomic E-state index is 0.541. The number of rotatable bonds is 1. The van der Waals surface area contributed by atoms with E-state index in [1.807, 2.05) is 12.1 Å². The van der Waals surface area contributed by atoms with Gasteiger partial charge in [0, 0.05) is 26.2 Å². The van der Waals surface area contributed by atoms with Gasteiger partial charge in [-0.15, -0.1) is 0 Å². The van der Waals surface area contributed by atoms with Crippen LogP contribution < -0.4 is 4.90 Å². The molecule has 3 nitrogen and oxygen atoms in total. The van der Waals surface area contributed by atoms with E-state index >= 15 is 0 Å². The summed E-state index contributed by atoms with van der Waals surface area (Å²) in [6.45, 7) is 3.95. The number of benzene rings is 1. The van der Waals surface area contributed by atoms with E-state index in [9.17, 15) is 0 Å². The predicted octanol–water partition coefficient (Wildman–Crippen LogP) is 1.96. The van der Waals surface area contributed by atoms with Gasteiger partial charge in [0.25, 0.3) is 0 Å².